The Hall–Kier alpha value is -1.45. The van der Waals surface area contributed by atoms with Crippen LogP contribution >= 0.6 is 0 Å². The van der Waals surface area contributed by atoms with E-state index in [0.717, 1.165) is 24.2 Å². The number of nitrogens with one attached hydrogen (secondary N) is 1. The molecule has 1 atom stereocenters. The lowest BCUT2D eigenvalue weighted by atomic mass is 9.89. The fourth-order valence-electron chi connectivity index (χ4n) is 2.56. The summed E-state index contributed by atoms with van der Waals surface area (Å²) in [6.45, 7) is 7.69. The first-order valence-corrected chi connectivity index (χ1v) is 7.70. The lowest BCUT2D eigenvalue weighted by molar-refractivity contribution is 0.137. The monoisotopic (exact) mass is 285 g/mol. The van der Waals surface area contributed by atoms with Crippen LogP contribution in [0.25, 0.3) is 10.9 Å². The van der Waals surface area contributed by atoms with Gasteiger partial charge in [-0.05, 0) is 46.6 Å². The maximum absolute atomic E-state index is 4.81. The fraction of sp³-hybridized carbons (Fsp3) is 0.500. The lowest BCUT2D eigenvalue weighted by Gasteiger charge is -2.40. The first kappa shape index (κ1) is 15.9. The van der Waals surface area contributed by atoms with Gasteiger partial charge in [-0.15, -0.1) is 0 Å². The summed E-state index contributed by atoms with van der Waals surface area (Å²) in [5.74, 6) is 0. The van der Waals surface area contributed by atoms with Crippen molar-refractivity contribution in [3.8, 4) is 0 Å². The van der Waals surface area contributed by atoms with E-state index in [4.69, 9.17) is 4.98 Å². The molecule has 1 unspecified atom stereocenters. The third-order valence-electron chi connectivity index (χ3n) is 4.53. The third kappa shape index (κ3) is 3.60. The minimum absolute atomic E-state index is 0.0728. The van der Waals surface area contributed by atoms with Crippen LogP contribution in [0.15, 0.2) is 36.4 Å². The Morgan fingerprint density at radius 2 is 1.86 bits per heavy atom. The molecule has 1 aromatic carbocycles. The average molecular weight is 285 g/mol. The topological polar surface area (TPSA) is 28.2 Å². The van der Waals surface area contributed by atoms with Crippen LogP contribution in [-0.2, 0) is 6.42 Å². The van der Waals surface area contributed by atoms with Crippen LogP contribution < -0.4 is 5.32 Å². The molecule has 0 amide bonds. The van der Waals surface area contributed by atoms with Crippen molar-refractivity contribution in [2.45, 2.75) is 38.8 Å². The van der Waals surface area contributed by atoms with E-state index in [-0.39, 0.29) is 5.54 Å². The van der Waals surface area contributed by atoms with Gasteiger partial charge in [0.2, 0.25) is 0 Å². The van der Waals surface area contributed by atoms with Gasteiger partial charge in [0.15, 0.2) is 0 Å². The number of rotatable bonds is 6. The van der Waals surface area contributed by atoms with Gasteiger partial charge >= 0.3 is 0 Å². The van der Waals surface area contributed by atoms with Crippen LogP contribution in [0.5, 0.6) is 0 Å². The number of benzene rings is 1. The third-order valence-corrected chi connectivity index (χ3v) is 4.53. The summed E-state index contributed by atoms with van der Waals surface area (Å²) in [6, 6.07) is 13.0. The fourth-order valence-corrected chi connectivity index (χ4v) is 2.56. The number of nitrogens with zero attached hydrogens (tertiary/aromatic N) is 2. The van der Waals surface area contributed by atoms with Crippen LogP contribution in [0.2, 0.25) is 0 Å². The standard InChI is InChI=1S/C18H27N3/c1-6-19-17(18(2,3)21(4)5)13-15-12-11-14-9-7-8-10-16(14)20-15/h7-12,17,19H,6,13H2,1-5H3. The summed E-state index contributed by atoms with van der Waals surface area (Å²) in [6.07, 6.45) is 0.934. The summed E-state index contributed by atoms with van der Waals surface area (Å²) in [7, 11) is 4.27. The molecule has 0 saturated carbocycles. The minimum atomic E-state index is 0.0728. The number of fused-ring (bicyclic) bond motifs is 1. The molecule has 2 rings (SSSR count). The van der Waals surface area contributed by atoms with E-state index in [9.17, 15) is 0 Å². The number of hydrogen-bond donors (Lipinski definition) is 1. The first-order chi connectivity index (χ1) is 9.95. The molecule has 0 saturated heterocycles. The van der Waals surface area contributed by atoms with Gasteiger partial charge < -0.3 is 10.2 Å². The molecule has 0 fully saturated rings. The maximum atomic E-state index is 4.81. The largest absolute Gasteiger partial charge is 0.312 e. The molecule has 0 radical (unpaired) electrons. The van der Waals surface area contributed by atoms with Crippen LogP contribution in [-0.4, -0.2) is 42.1 Å². The van der Waals surface area contributed by atoms with Crippen molar-refractivity contribution in [2.24, 2.45) is 0 Å². The Bertz CT molecular complexity index is 590. The molecule has 1 heterocycles. The molecule has 0 aliphatic heterocycles. The Morgan fingerprint density at radius 1 is 1.14 bits per heavy atom. The Morgan fingerprint density at radius 3 is 2.52 bits per heavy atom. The second-order valence-corrected chi connectivity index (χ2v) is 6.36. The van der Waals surface area contributed by atoms with Gasteiger partial charge in [0.25, 0.3) is 0 Å². The second-order valence-electron chi connectivity index (χ2n) is 6.36. The van der Waals surface area contributed by atoms with E-state index in [1.54, 1.807) is 0 Å². The van der Waals surface area contributed by atoms with Crippen molar-refractivity contribution >= 4 is 10.9 Å². The molecular formula is C18H27N3. The van der Waals surface area contributed by atoms with Crippen LogP contribution in [0.3, 0.4) is 0 Å². The predicted octanol–water partition coefficient (Wildman–Crippen LogP) is 3.10. The summed E-state index contributed by atoms with van der Waals surface area (Å²) in [4.78, 5) is 7.09. The van der Waals surface area contributed by atoms with Crippen molar-refractivity contribution < 1.29 is 0 Å². The number of likely N-dealkylation sites (N-methyl/N-ethyl adjacent to an activating group) is 2. The number of para-hydroxylation sites is 1. The van der Waals surface area contributed by atoms with Gasteiger partial charge in [0.05, 0.1) is 5.52 Å². The smallest absolute Gasteiger partial charge is 0.0705 e. The molecule has 1 N–H and O–H groups in total. The van der Waals surface area contributed by atoms with Crippen molar-refractivity contribution in [3.05, 3.63) is 42.1 Å². The van der Waals surface area contributed by atoms with Crippen molar-refractivity contribution in [3.63, 3.8) is 0 Å². The molecule has 0 bridgehead atoms. The molecular weight excluding hydrogens is 258 g/mol. The number of aromatic nitrogens is 1. The summed E-state index contributed by atoms with van der Waals surface area (Å²) >= 11 is 0. The normalized spacial score (nSPS) is 13.8. The highest BCUT2D eigenvalue weighted by molar-refractivity contribution is 5.78. The summed E-state index contributed by atoms with van der Waals surface area (Å²) in [5, 5.41) is 4.82. The summed E-state index contributed by atoms with van der Waals surface area (Å²) < 4.78 is 0. The van der Waals surface area contributed by atoms with Gasteiger partial charge in [-0.2, -0.15) is 0 Å². The van der Waals surface area contributed by atoms with E-state index < -0.39 is 0 Å². The maximum Gasteiger partial charge on any atom is 0.0705 e. The highest BCUT2D eigenvalue weighted by Crippen LogP contribution is 2.20. The molecule has 2 aromatic rings. The zero-order valence-electron chi connectivity index (χ0n) is 13.9. The summed E-state index contributed by atoms with van der Waals surface area (Å²) in [5.41, 5.74) is 2.30. The van der Waals surface area contributed by atoms with Crippen molar-refractivity contribution in [2.75, 3.05) is 20.6 Å². The number of pyridine rings is 1. The quantitative estimate of drug-likeness (QED) is 0.884. The highest BCUT2D eigenvalue weighted by atomic mass is 15.2. The Labute approximate surface area is 128 Å². The van der Waals surface area contributed by atoms with Crippen LogP contribution in [0.1, 0.15) is 26.5 Å². The molecule has 3 nitrogen and oxygen atoms in total. The lowest BCUT2D eigenvalue weighted by Crippen LogP contribution is -2.56. The average Bonchev–Trinajstić information content (AvgIpc) is 2.46. The van der Waals surface area contributed by atoms with E-state index in [1.165, 1.54) is 5.39 Å². The van der Waals surface area contributed by atoms with Gasteiger partial charge in [0.1, 0.15) is 0 Å². The molecule has 0 aliphatic carbocycles. The molecule has 0 aliphatic rings. The molecule has 3 heteroatoms. The van der Waals surface area contributed by atoms with E-state index >= 15 is 0 Å². The van der Waals surface area contributed by atoms with Gasteiger partial charge in [-0.25, -0.2) is 0 Å². The van der Waals surface area contributed by atoms with E-state index in [0.29, 0.717) is 6.04 Å². The van der Waals surface area contributed by atoms with Gasteiger partial charge in [0, 0.05) is 29.1 Å². The molecule has 1 aromatic heterocycles. The molecule has 0 spiro atoms. The second kappa shape index (κ2) is 6.54. The van der Waals surface area contributed by atoms with E-state index in [2.05, 4.69) is 75.4 Å². The molecule has 114 valence electrons. The number of hydrogen-bond acceptors (Lipinski definition) is 3. The van der Waals surface area contributed by atoms with Crippen LogP contribution in [0, 0.1) is 0 Å². The predicted molar refractivity (Wildman–Crippen MR) is 90.7 cm³/mol. The van der Waals surface area contributed by atoms with Crippen molar-refractivity contribution in [1.82, 2.24) is 15.2 Å². The van der Waals surface area contributed by atoms with Gasteiger partial charge in [-0.1, -0.05) is 31.2 Å². The SMILES string of the molecule is CCNC(Cc1ccc2ccccc2n1)C(C)(C)N(C)C. The van der Waals surface area contributed by atoms with Crippen molar-refractivity contribution in [1.29, 1.82) is 0 Å². The minimum Gasteiger partial charge on any atom is -0.312 e. The zero-order chi connectivity index (χ0) is 15.5. The highest BCUT2D eigenvalue weighted by Gasteiger charge is 2.31. The van der Waals surface area contributed by atoms with Crippen LogP contribution in [0.4, 0.5) is 0 Å². The zero-order valence-corrected chi connectivity index (χ0v) is 13.9. The Kier molecular flexibility index (Phi) is 4.96. The Balaban J connectivity index is 2.26. The van der Waals surface area contributed by atoms with E-state index in [1.807, 2.05) is 6.07 Å². The van der Waals surface area contributed by atoms with Gasteiger partial charge in [-0.3, -0.25) is 4.98 Å². The molecule has 21 heavy (non-hydrogen) atoms. The first-order valence-electron chi connectivity index (χ1n) is 7.70.